The summed E-state index contributed by atoms with van der Waals surface area (Å²) >= 11 is 0. The molecule has 6 nitrogen and oxygen atoms in total. The lowest BCUT2D eigenvalue weighted by molar-refractivity contribution is -0.127. The van der Waals surface area contributed by atoms with Crippen molar-refractivity contribution in [3.63, 3.8) is 0 Å². The predicted octanol–water partition coefficient (Wildman–Crippen LogP) is 5.35. The number of carbonyl (C=O) groups excluding carboxylic acids is 1. The van der Waals surface area contributed by atoms with Gasteiger partial charge in [-0.3, -0.25) is 15.1 Å². The van der Waals surface area contributed by atoms with Crippen molar-refractivity contribution in [3.05, 3.63) is 24.3 Å². The van der Waals surface area contributed by atoms with Crippen LogP contribution in [-0.2, 0) is 4.79 Å². The van der Waals surface area contributed by atoms with Crippen molar-refractivity contribution in [2.24, 2.45) is 17.6 Å². The molecule has 0 radical (unpaired) electrons. The van der Waals surface area contributed by atoms with Gasteiger partial charge in [0.1, 0.15) is 5.75 Å². The van der Waals surface area contributed by atoms with E-state index in [9.17, 15) is 4.79 Å². The van der Waals surface area contributed by atoms with E-state index in [0.717, 1.165) is 69.5 Å². The summed E-state index contributed by atoms with van der Waals surface area (Å²) in [5.41, 5.74) is 6.70. The highest BCUT2D eigenvalue weighted by atomic mass is 16.5. The number of para-hydroxylation sites is 2. The van der Waals surface area contributed by atoms with Gasteiger partial charge in [0.15, 0.2) is 6.10 Å². The van der Waals surface area contributed by atoms with Crippen LogP contribution < -0.4 is 15.4 Å². The number of fused-ring (bicyclic) bond motifs is 1. The fourth-order valence-corrected chi connectivity index (χ4v) is 6.40. The van der Waals surface area contributed by atoms with E-state index in [1.54, 1.807) is 0 Å². The summed E-state index contributed by atoms with van der Waals surface area (Å²) in [5.74, 6) is 1.76. The summed E-state index contributed by atoms with van der Waals surface area (Å²) < 4.78 is 6.22. The maximum absolute atomic E-state index is 13.5. The first-order valence-electron chi connectivity index (χ1n) is 13.6. The Hall–Kier alpha value is -2.08. The van der Waals surface area contributed by atoms with Gasteiger partial charge in [-0.25, -0.2) is 0 Å². The van der Waals surface area contributed by atoms with Crippen LogP contribution >= 0.6 is 0 Å². The molecule has 5 atom stereocenters. The van der Waals surface area contributed by atoms with Crippen molar-refractivity contribution < 1.29 is 9.53 Å². The highest BCUT2D eigenvalue weighted by molar-refractivity contribution is 6.00. The third-order valence-electron chi connectivity index (χ3n) is 8.41. The predicted molar refractivity (Wildman–Crippen MR) is 139 cm³/mol. The lowest BCUT2D eigenvalue weighted by Gasteiger charge is -2.39. The molecule has 0 spiro atoms. The van der Waals surface area contributed by atoms with Gasteiger partial charge < -0.3 is 15.4 Å². The van der Waals surface area contributed by atoms with E-state index in [1.807, 2.05) is 29.2 Å². The Balaban J connectivity index is 1.32. The zero-order chi connectivity index (χ0) is 24.1. The maximum atomic E-state index is 13.5. The molecule has 1 saturated heterocycles. The number of nitrogens with two attached hydrogens (primary N) is 1. The molecule has 34 heavy (non-hydrogen) atoms. The van der Waals surface area contributed by atoms with Gasteiger partial charge in [0.05, 0.1) is 11.5 Å². The first kappa shape index (κ1) is 25.0. The number of amides is 1. The van der Waals surface area contributed by atoms with Crippen LogP contribution in [0.4, 0.5) is 5.69 Å². The largest absolute Gasteiger partial charge is 0.478 e. The average Bonchev–Trinajstić information content (AvgIpc) is 2.82. The smallest absolute Gasteiger partial charge is 0.268 e. The fourth-order valence-electron chi connectivity index (χ4n) is 6.40. The normalized spacial score (nSPS) is 30.0. The lowest BCUT2D eigenvalue weighted by atomic mass is 9.78. The van der Waals surface area contributed by atoms with Gasteiger partial charge in [-0.1, -0.05) is 37.8 Å². The van der Waals surface area contributed by atoms with Crippen LogP contribution in [0.15, 0.2) is 24.3 Å². The molecule has 2 fully saturated rings. The zero-order valence-electron chi connectivity index (χ0n) is 21.2. The highest BCUT2D eigenvalue weighted by Crippen LogP contribution is 2.38. The number of nitrogens with one attached hydrogen (secondary N) is 1. The highest BCUT2D eigenvalue weighted by Gasteiger charge is 2.37. The molecule has 188 valence electrons. The Kier molecular flexibility index (Phi) is 8.51. The van der Waals surface area contributed by atoms with Crippen LogP contribution in [-0.4, -0.2) is 47.9 Å². The molecule has 3 N–H and O–H groups in total. The van der Waals surface area contributed by atoms with Gasteiger partial charge in [0.2, 0.25) is 0 Å². The van der Waals surface area contributed by atoms with E-state index >= 15 is 0 Å². The van der Waals surface area contributed by atoms with Gasteiger partial charge in [-0.15, -0.1) is 0 Å². The summed E-state index contributed by atoms with van der Waals surface area (Å²) in [6.07, 6.45) is 11.7. The summed E-state index contributed by atoms with van der Waals surface area (Å²) in [6, 6.07) is 9.35. The molecule has 1 amide bonds. The second-order valence-electron chi connectivity index (χ2n) is 10.9. The Morgan fingerprint density at radius 3 is 2.50 bits per heavy atom. The number of unbranched alkanes of at least 4 members (excludes halogenated alkanes) is 2. The molecule has 0 bridgehead atoms. The summed E-state index contributed by atoms with van der Waals surface area (Å²) in [4.78, 5) is 18.1. The van der Waals surface area contributed by atoms with Gasteiger partial charge in [-0.2, -0.15) is 0 Å². The molecular formula is C28H44N4O2. The van der Waals surface area contributed by atoms with Crippen molar-refractivity contribution in [2.45, 2.75) is 103 Å². The minimum Gasteiger partial charge on any atom is -0.478 e. The molecule has 1 saturated carbocycles. The molecule has 1 aromatic carbocycles. The Morgan fingerprint density at radius 1 is 1.03 bits per heavy atom. The number of ether oxygens (including phenoxy) is 1. The fraction of sp³-hybridized carbons (Fsp3) is 0.714. The van der Waals surface area contributed by atoms with E-state index in [4.69, 9.17) is 15.9 Å². The van der Waals surface area contributed by atoms with E-state index in [1.165, 1.54) is 25.7 Å². The second kappa shape index (κ2) is 11.6. The third-order valence-corrected chi connectivity index (χ3v) is 8.41. The summed E-state index contributed by atoms with van der Waals surface area (Å²) in [7, 11) is 0. The van der Waals surface area contributed by atoms with E-state index in [2.05, 4.69) is 18.7 Å². The van der Waals surface area contributed by atoms with Gasteiger partial charge in [0.25, 0.3) is 5.91 Å². The average molecular weight is 469 g/mol. The van der Waals surface area contributed by atoms with Gasteiger partial charge in [0, 0.05) is 24.5 Å². The zero-order valence-corrected chi connectivity index (χ0v) is 21.2. The number of hydrogen-bond acceptors (Lipinski definition) is 4. The molecule has 0 aromatic heterocycles. The third kappa shape index (κ3) is 5.94. The van der Waals surface area contributed by atoms with Crippen molar-refractivity contribution >= 4 is 17.4 Å². The Bertz CT molecular complexity index is 833. The summed E-state index contributed by atoms with van der Waals surface area (Å²) in [5, 5.41) is 7.83. The molecule has 2 aliphatic heterocycles. The minimum absolute atomic E-state index is 0.0990. The number of piperidine rings is 1. The van der Waals surface area contributed by atoms with Gasteiger partial charge in [-0.05, 0) is 83.4 Å². The van der Waals surface area contributed by atoms with E-state index < -0.39 is 6.10 Å². The van der Waals surface area contributed by atoms with E-state index in [-0.39, 0.29) is 11.8 Å². The first-order valence-corrected chi connectivity index (χ1v) is 13.6. The van der Waals surface area contributed by atoms with Crippen LogP contribution in [0.1, 0.15) is 84.5 Å². The molecule has 4 rings (SSSR count). The van der Waals surface area contributed by atoms with Gasteiger partial charge >= 0.3 is 0 Å². The molecule has 1 aromatic rings. The monoisotopic (exact) mass is 468 g/mol. The number of hydrogen-bond donors (Lipinski definition) is 2. The number of rotatable bonds is 9. The minimum atomic E-state index is -0.430. The number of benzene rings is 1. The molecule has 2 heterocycles. The maximum Gasteiger partial charge on any atom is 0.268 e. The molecule has 1 aliphatic carbocycles. The standard InChI is InChI=1S/C28H44N4O2/c1-20-10-8-11-21(2)31(20)16-6-3-7-17-32-24-14-4-5-15-25(24)34-26(28(32)33)19-22-12-9-13-23(18-22)27(29)30/h4-5,14-15,20-23,26H,3,6-13,16-19H2,1-2H3,(H3,29,30)/t20-,21+,22?,23?,26?. The van der Waals surface area contributed by atoms with Crippen LogP contribution in [0.5, 0.6) is 5.75 Å². The molecule has 3 aliphatic rings. The Labute approximate surface area is 205 Å². The van der Waals surface area contributed by atoms with Crippen LogP contribution in [0.3, 0.4) is 0 Å². The SMILES string of the molecule is C[C@@H]1CCC[C@H](C)N1CCCCCN1C(=O)C(CC2CCCC(C(=N)N)C2)Oc2ccccc21. The quantitative estimate of drug-likeness (QED) is 0.291. The topological polar surface area (TPSA) is 82.7 Å². The first-order chi connectivity index (χ1) is 16.4. The summed E-state index contributed by atoms with van der Waals surface area (Å²) in [6.45, 7) is 6.65. The molecular weight excluding hydrogens is 424 g/mol. The number of carbonyl (C=O) groups is 1. The molecule has 6 heteroatoms. The second-order valence-corrected chi connectivity index (χ2v) is 10.9. The van der Waals surface area contributed by atoms with Crippen LogP contribution in [0.25, 0.3) is 0 Å². The number of likely N-dealkylation sites (tertiary alicyclic amines) is 1. The van der Waals surface area contributed by atoms with Crippen molar-refractivity contribution in [3.8, 4) is 5.75 Å². The number of anilines is 1. The van der Waals surface area contributed by atoms with E-state index in [0.29, 0.717) is 23.8 Å². The molecule has 3 unspecified atom stereocenters. The van der Waals surface area contributed by atoms with Crippen molar-refractivity contribution in [1.29, 1.82) is 5.41 Å². The number of amidine groups is 1. The lowest BCUT2D eigenvalue weighted by Crippen LogP contribution is -2.47. The van der Waals surface area contributed by atoms with Crippen LogP contribution in [0.2, 0.25) is 0 Å². The number of nitrogens with zero attached hydrogens (tertiary/aromatic N) is 2. The van der Waals surface area contributed by atoms with Crippen LogP contribution in [0, 0.1) is 17.2 Å². The van der Waals surface area contributed by atoms with Crippen molar-refractivity contribution in [1.82, 2.24) is 4.90 Å². The van der Waals surface area contributed by atoms with Crippen molar-refractivity contribution in [2.75, 3.05) is 18.0 Å². The Morgan fingerprint density at radius 2 is 1.74 bits per heavy atom.